The highest BCUT2D eigenvalue weighted by Crippen LogP contribution is 2.29. The van der Waals surface area contributed by atoms with Crippen LogP contribution in [0.2, 0.25) is 10.0 Å². The second-order valence-corrected chi connectivity index (χ2v) is 6.87. The molecule has 0 unspecified atom stereocenters. The maximum atomic E-state index is 12.5. The van der Waals surface area contributed by atoms with Crippen molar-refractivity contribution in [3.05, 3.63) is 28.2 Å². The van der Waals surface area contributed by atoms with Crippen molar-refractivity contribution in [3.63, 3.8) is 0 Å². The SMILES string of the molecule is C[C@@H]1C[C@@H](C)CN(C(=O)[C@H](C)Oc2ccc(Cl)cc2Cl)C1. The lowest BCUT2D eigenvalue weighted by molar-refractivity contribution is -0.140. The lowest BCUT2D eigenvalue weighted by Crippen LogP contribution is -2.47. The molecule has 1 aromatic carbocycles. The first kappa shape index (κ1) is 16.4. The summed E-state index contributed by atoms with van der Waals surface area (Å²) >= 11 is 11.9. The molecule has 116 valence electrons. The maximum absolute atomic E-state index is 12.5. The third kappa shape index (κ3) is 4.27. The van der Waals surface area contributed by atoms with E-state index >= 15 is 0 Å². The molecule has 0 bridgehead atoms. The Balaban J connectivity index is 2.02. The van der Waals surface area contributed by atoms with E-state index in [1.807, 2.05) is 4.90 Å². The van der Waals surface area contributed by atoms with Crippen LogP contribution < -0.4 is 4.74 Å². The first-order valence-corrected chi connectivity index (χ1v) is 8.03. The Bertz CT molecular complexity index is 511. The molecule has 0 aromatic heterocycles. The maximum Gasteiger partial charge on any atom is 0.263 e. The highest BCUT2D eigenvalue weighted by atomic mass is 35.5. The summed E-state index contributed by atoms with van der Waals surface area (Å²) in [6.07, 6.45) is 0.614. The minimum Gasteiger partial charge on any atom is -0.479 e. The van der Waals surface area contributed by atoms with E-state index in [1.54, 1.807) is 25.1 Å². The van der Waals surface area contributed by atoms with Gasteiger partial charge < -0.3 is 9.64 Å². The number of piperidine rings is 1. The molecule has 2 rings (SSSR count). The van der Waals surface area contributed by atoms with Crippen molar-refractivity contribution in [1.29, 1.82) is 0 Å². The Morgan fingerprint density at radius 2 is 1.90 bits per heavy atom. The van der Waals surface area contributed by atoms with Gasteiger partial charge in [-0.2, -0.15) is 0 Å². The fraction of sp³-hybridized carbons (Fsp3) is 0.562. The number of ether oxygens (including phenoxy) is 1. The van der Waals surface area contributed by atoms with Crippen molar-refractivity contribution < 1.29 is 9.53 Å². The average Bonchev–Trinajstić information content (AvgIpc) is 2.40. The molecule has 1 amide bonds. The first-order valence-electron chi connectivity index (χ1n) is 7.27. The number of rotatable bonds is 3. The topological polar surface area (TPSA) is 29.5 Å². The molecular weight excluding hydrogens is 309 g/mol. The zero-order chi connectivity index (χ0) is 15.6. The number of carbonyl (C=O) groups is 1. The Hall–Kier alpha value is -0.930. The van der Waals surface area contributed by atoms with E-state index in [-0.39, 0.29) is 5.91 Å². The summed E-state index contributed by atoms with van der Waals surface area (Å²) in [6.45, 7) is 7.71. The van der Waals surface area contributed by atoms with Crippen LogP contribution in [0.5, 0.6) is 5.75 Å². The van der Waals surface area contributed by atoms with Gasteiger partial charge in [0.1, 0.15) is 5.75 Å². The minimum absolute atomic E-state index is 0.0133. The molecule has 0 aliphatic carbocycles. The predicted octanol–water partition coefficient (Wildman–Crippen LogP) is 4.27. The highest BCUT2D eigenvalue weighted by Gasteiger charge is 2.29. The molecule has 1 aromatic rings. The molecule has 1 heterocycles. The van der Waals surface area contributed by atoms with Gasteiger partial charge in [0.2, 0.25) is 0 Å². The van der Waals surface area contributed by atoms with Gasteiger partial charge in [-0.15, -0.1) is 0 Å². The van der Waals surface area contributed by atoms with Crippen LogP contribution in [0.25, 0.3) is 0 Å². The van der Waals surface area contributed by atoms with E-state index < -0.39 is 6.10 Å². The fourth-order valence-corrected chi connectivity index (χ4v) is 3.36. The van der Waals surface area contributed by atoms with Crippen molar-refractivity contribution >= 4 is 29.1 Å². The molecule has 1 aliphatic rings. The summed E-state index contributed by atoms with van der Waals surface area (Å²) in [5.41, 5.74) is 0. The van der Waals surface area contributed by atoms with Gasteiger partial charge in [0.25, 0.3) is 5.91 Å². The number of hydrogen-bond donors (Lipinski definition) is 0. The van der Waals surface area contributed by atoms with Crippen LogP contribution in [0.15, 0.2) is 18.2 Å². The molecule has 0 spiro atoms. The van der Waals surface area contributed by atoms with Crippen molar-refractivity contribution in [1.82, 2.24) is 4.90 Å². The predicted molar refractivity (Wildman–Crippen MR) is 86.1 cm³/mol. The molecule has 0 saturated carbocycles. The zero-order valence-electron chi connectivity index (χ0n) is 12.6. The Labute approximate surface area is 136 Å². The van der Waals surface area contributed by atoms with Crippen LogP contribution >= 0.6 is 23.2 Å². The fourth-order valence-electron chi connectivity index (χ4n) is 2.91. The number of amides is 1. The number of halogens is 2. The summed E-state index contributed by atoms with van der Waals surface area (Å²) in [5.74, 6) is 1.56. The quantitative estimate of drug-likeness (QED) is 0.828. The van der Waals surface area contributed by atoms with Gasteiger partial charge in [0, 0.05) is 18.1 Å². The van der Waals surface area contributed by atoms with E-state index in [1.165, 1.54) is 6.42 Å². The molecule has 3 nitrogen and oxygen atoms in total. The molecule has 1 saturated heterocycles. The molecule has 5 heteroatoms. The van der Waals surface area contributed by atoms with Gasteiger partial charge in [0.15, 0.2) is 6.10 Å². The third-order valence-corrected chi connectivity index (χ3v) is 4.26. The van der Waals surface area contributed by atoms with Crippen molar-refractivity contribution in [2.24, 2.45) is 11.8 Å². The van der Waals surface area contributed by atoms with Crippen LogP contribution in [0, 0.1) is 11.8 Å². The molecular formula is C16H21Cl2NO2. The minimum atomic E-state index is -0.554. The van der Waals surface area contributed by atoms with Crippen LogP contribution in [-0.2, 0) is 4.79 Å². The molecule has 1 aliphatic heterocycles. The number of hydrogen-bond acceptors (Lipinski definition) is 2. The average molecular weight is 330 g/mol. The van der Waals surface area contributed by atoms with Crippen molar-refractivity contribution in [3.8, 4) is 5.75 Å². The van der Waals surface area contributed by atoms with Gasteiger partial charge in [-0.1, -0.05) is 37.0 Å². The standard InChI is InChI=1S/C16H21Cl2NO2/c1-10-6-11(2)9-19(8-10)16(20)12(3)21-15-5-4-13(17)7-14(15)18/h4-5,7,10-12H,6,8-9H2,1-3H3/t10-,11-,12+/m1/s1. The van der Waals surface area contributed by atoms with E-state index in [4.69, 9.17) is 27.9 Å². The van der Waals surface area contributed by atoms with Crippen LogP contribution in [0.3, 0.4) is 0 Å². The molecule has 0 N–H and O–H groups in total. The van der Waals surface area contributed by atoms with Crippen molar-refractivity contribution in [2.75, 3.05) is 13.1 Å². The Morgan fingerprint density at radius 1 is 1.29 bits per heavy atom. The summed E-state index contributed by atoms with van der Waals surface area (Å²) in [5, 5.41) is 0.965. The van der Waals surface area contributed by atoms with Crippen LogP contribution in [-0.4, -0.2) is 30.0 Å². The van der Waals surface area contributed by atoms with Gasteiger partial charge in [-0.05, 0) is 43.4 Å². The van der Waals surface area contributed by atoms with Crippen LogP contribution in [0.1, 0.15) is 27.2 Å². The summed E-state index contributed by atoms with van der Waals surface area (Å²) in [4.78, 5) is 14.4. The summed E-state index contributed by atoms with van der Waals surface area (Å²) < 4.78 is 5.70. The third-order valence-electron chi connectivity index (χ3n) is 3.73. The molecule has 1 fully saturated rings. The Morgan fingerprint density at radius 3 is 2.48 bits per heavy atom. The van der Waals surface area contributed by atoms with Gasteiger partial charge in [-0.25, -0.2) is 0 Å². The lowest BCUT2D eigenvalue weighted by Gasteiger charge is -2.36. The van der Waals surface area contributed by atoms with Gasteiger partial charge >= 0.3 is 0 Å². The molecule has 21 heavy (non-hydrogen) atoms. The zero-order valence-corrected chi connectivity index (χ0v) is 14.1. The second-order valence-electron chi connectivity index (χ2n) is 6.02. The summed E-state index contributed by atoms with van der Waals surface area (Å²) in [7, 11) is 0. The first-order chi connectivity index (χ1) is 9.86. The largest absolute Gasteiger partial charge is 0.479 e. The van der Waals surface area contributed by atoms with E-state index in [2.05, 4.69) is 13.8 Å². The van der Waals surface area contributed by atoms with E-state index in [0.717, 1.165) is 13.1 Å². The van der Waals surface area contributed by atoms with E-state index in [0.29, 0.717) is 27.6 Å². The number of benzene rings is 1. The lowest BCUT2D eigenvalue weighted by atomic mass is 9.91. The van der Waals surface area contributed by atoms with Gasteiger partial charge in [-0.3, -0.25) is 4.79 Å². The second kappa shape index (κ2) is 6.89. The highest BCUT2D eigenvalue weighted by molar-refractivity contribution is 6.35. The van der Waals surface area contributed by atoms with Crippen molar-refractivity contribution in [2.45, 2.75) is 33.3 Å². The summed E-state index contributed by atoms with van der Waals surface area (Å²) in [6, 6.07) is 5.00. The number of carbonyl (C=O) groups excluding carboxylic acids is 1. The van der Waals surface area contributed by atoms with Crippen LogP contribution in [0.4, 0.5) is 0 Å². The monoisotopic (exact) mass is 329 g/mol. The molecule has 0 radical (unpaired) electrons. The number of nitrogens with zero attached hydrogens (tertiary/aromatic N) is 1. The normalized spacial score (nSPS) is 23.8. The smallest absolute Gasteiger partial charge is 0.263 e. The van der Waals surface area contributed by atoms with E-state index in [9.17, 15) is 4.79 Å². The number of likely N-dealkylation sites (tertiary alicyclic amines) is 1. The molecule has 3 atom stereocenters. The Kier molecular flexibility index (Phi) is 5.39. The van der Waals surface area contributed by atoms with Gasteiger partial charge in [0.05, 0.1) is 5.02 Å².